The molecule has 3 nitrogen and oxygen atoms in total. The van der Waals surface area contributed by atoms with Crippen LogP contribution in [0.5, 0.6) is 0 Å². The summed E-state index contributed by atoms with van der Waals surface area (Å²) in [6, 6.07) is 7.79. The summed E-state index contributed by atoms with van der Waals surface area (Å²) >= 11 is 0. The highest BCUT2D eigenvalue weighted by molar-refractivity contribution is 5.94. The lowest BCUT2D eigenvalue weighted by molar-refractivity contribution is 0.183. The number of rotatable bonds is 2. The summed E-state index contributed by atoms with van der Waals surface area (Å²) in [5.41, 5.74) is 7.54. The first-order chi connectivity index (χ1) is 6.83. The number of nitrogen functional groups attached to an aromatic ring is 1. The number of anilines is 1. The van der Waals surface area contributed by atoms with Crippen molar-refractivity contribution >= 4 is 16.5 Å². The third kappa shape index (κ3) is 1.42. The highest BCUT2D eigenvalue weighted by Crippen LogP contribution is 2.23. The second kappa shape index (κ2) is 3.64. The van der Waals surface area contributed by atoms with Crippen molar-refractivity contribution in [2.45, 2.75) is 6.61 Å². The van der Waals surface area contributed by atoms with Crippen LogP contribution in [0.4, 0.5) is 5.69 Å². The maximum atomic E-state index is 5.89. The summed E-state index contributed by atoms with van der Waals surface area (Å²) in [4.78, 5) is 4.25. The summed E-state index contributed by atoms with van der Waals surface area (Å²) in [5.74, 6) is 0. The normalized spacial score (nSPS) is 10.6. The second-order valence-electron chi connectivity index (χ2n) is 3.14. The number of methoxy groups -OCH3 is 1. The SMILES string of the molecule is COCc1nccc2cccc(N)c12. The van der Waals surface area contributed by atoms with Gasteiger partial charge in [0.2, 0.25) is 0 Å². The van der Waals surface area contributed by atoms with Gasteiger partial charge in [-0.05, 0) is 17.5 Å². The number of hydrogen-bond acceptors (Lipinski definition) is 3. The van der Waals surface area contributed by atoms with Crippen molar-refractivity contribution in [1.82, 2.24) is 4.98 Å². The van der Waals surface area contributed by atoms with Gasteiger partial charge in [-0.2, -0.15) is 0 Å². The molecule has 3 heteroatoms. The fourth-order valence-electron chi connectivity index (χ4n) is 1.58. The monoisotopic (exact) mass is 188 g/mol. The van der Waals surface area contributed by atoms with E-state index < -0.39 is 0 Å². The molecule has 0 unspecified atom stereocenters. The van der Waals surface area contributed by atoms with Crippen molar-refractivity contribution in [3.63, 3.8) is 0 Å². The zero-order valence-corrected chi connectivity index (χ0v) is 8.03. The van der Waals surface area contributed by atoms with Gasteiger partial charge in [0.1, 0.15) is 0 Å². The number of aromatic nitrogens is 1. The average Bonchev–Trinajstić information content (AvgIpc) is 2.19. The van der Waals surface area contributed by atoms with E-state index in [2.05, 4.69) is 4.98 Å². The van der Waals surface area contributed by atoms with Crippen LogP contribution in [-0.4, -0.2) is 12.1 Å². The third-order valence-electron chi connectivity index (χ3n) is 2.18. The molecule has 0 radical (unpaired) electrons. The van der Waals surface area contributed by atoms with E-state index >= 15 is 0 Å². The number of pyridine rings is 1. The van der Waals surface area contributed by atoms with Gasteiger partial charge in [-0.15, -0.1) is 0 Å². The molecule has 72 valence electrons. The molecule has 1 heterocycles. The molecule has 0 saturated carbocycles. The summed E-state index contributed by atoms with van der Waals surface area (Å²) < 4.78 is 5.07. The zero-order chi connectivity index (χ0) is 9.97. The summed E-state index contributed by atoms with van der Waals surface area (Å²) in [7, 11) is 1.65. The van der Waals surface area contributed by atoms with Gasteiger partial charge in [0.25, 0.3) is 0 Å². The first-order valence-electron chi connectivity index (χ1n) is 4.44. The Hall–Kier alpha value is -1.61. The van der Waals surface area contributed by atoms with Gasteiger partial charge in [-0.25, -0.2) is 0 Å². The van der Waals surface area contributed by atoms with E-state index in [0.717, 1.165) is 22.2 Å². The largest absolute Gasteiger partial charge is 0.398 e. The Morgan fingerprint density at radius 3 is 3.00 bits per heavy atom. The zero-order valence-electron chi connectivity index (χ0n) is 8.03. The van der Waals surface area contributed by atoms with Crippen molar-refractivity contribution in [3.05, 3.63) is 36.2 Å². The van der Waals surface area contributed by atoms with Gasteiger partial charge < -0.3 is 10.5 Å². The molecule has 0 atom stereocenters. The quantitative estimate of drug-likeness (QED) is 0.733. The minimum atomic E-state index is 0.492. The minimum Gasteiger partial charge on any atom is -0.398 e. The molecular weight excluding hydrogens is 176 g/mol. The molecule has 0 amide bonds. The molecular formula is C11H12N2O. The van der Waals surface area contributed by atoms with Crippen molar-refractivity contribution in [3.8, 4) is 0 Å². The van der Waals surface area contributed by atoms with Crippen LogP contribution in [0.3, 0.4) is 0 Å². The lowest BCUT2D eigenvalue weighted by atomic mass is 10.1. The van der Waals surface area contributed by atoms with Gasteiger partial charge >= 0.3 is 0 Å². The highest BCUT2D eigenvalue weighted by atomic mass is 16.5. The van der Waals surface area contributed by atoms with E-state index in [-0.39, 0.29) is 0 Å². The predicted molar refractivity (Wildman–Crippen MR) is 56.9 cm³/mol. The van der Waals surface area contributed by atoms with Crippen molar-refractivity contribution < 1.29 is 4.74 Å². The maximum absolute atomic E-state index is 5.89. The lowest BCUT2D eigenvalue weighted by Crippen LogP contribution is -1.96. The van der Waals surface area contributed by atoms with E-state index in [1.807, 2.05) is 24.3 Å². The van der Waals surface area contributed by atoms with Gasteiger partial charge in [-0.1, -0.05) is 12.1 Å². The number of fused-ring (bicyclic) bond motifs is 1. The first-order valence-corrected chi connectivity index (χ1v) is 4.44. The number of hydrogen-bond donors (Lipinski definition) is 1. The molecule has 0 bridgehead atoms. The molecule has 0 fully saturated rings. The smallest absolute Gasteiger partial charge is 0.0891 e. The maximum Gasteiger partial charge on any atom is 0.0891 e. The Labute approximate surface area is 82.5 Å². The van der Waals surface area contributed by atoms with E-state index in [9.17, 15) is 0 Å². The van der Waals surface area contributed by atoms with Crippen LogP contribution in [0, 0.1) is 0 Å². The molecule has 14 heavy (non-hydrogen) atoms. The van der Waals surface area contributed by atoms with Gasteiger partial charge in [0, 0.05) is 24.4 Å². The molecule has 0 spiro atoms. The van der Waals surface area contributed by atoms with Crippen LogP contribution < -0.4 is 5.73 Å². The predicted octanol–water partition coefficient (Wildman–Crippen LogP) is 1.96. The Morgan fingerprint density at radius 1 is 1.36 bits per heavy atom. The number of nitrogens with two attached hydrogens (primary N) is 1. The van der Waals surface area contributed by atoms with Crippen LogP contribution in [0.25, 0.3) is 10.8 Å². The first kappa shape index (κ1) is 8.97. The summed E-state index contributed by atoms with van der Waals surface area (Å²) in [5, 5.41) is 2.10. The van der Waals surface area contributed by atoms with Gasteiger partial charge in [0.05, 0.1) is 12.3 Å². The van der Waals surface area contributed by atoms with Crippen LogP contribution >= 0.6 is 0 Å². The highest BCUT2D eigenvalue weighted by Gasteiger charge is 2.04. The van der Waals surface area contributed by atoms with Gasteiger partial charge in [-0.3, -0.25) is 4.98 Å². The van der Waals surface area contributed by atoms with E-state index in [1.54, 1.807) is 13.3 Å². The van der Waals surface area contributed by atoms with Crippen LogP contribution in [0.15, 0.2) is 30.5 Å². The Kier molecular flexibility index (Phi) is 2.33. The molecule has 0 saturated heterocycles. The lowest BCUT2D eigenvalue weighted by Gasteiger charge is -2.06. The van der Waals surface area contributed by atoms with E-state index in [1.165, 1.54) is 0 Å². The van der Waals surface area contributed by atoms with E-state index in [4.69, 9.17) is 10.5 Å². The molecule has 2 aromatic rings. The number of nitrogens with zero attached hydrogens (tertiary/aromatic N) is 1. The molecule has 2 N–H and O–H groups in total. The number of ether oxygens (including phenoxy) is 1. The molecule has 1 aromatic heterocycles. The summed E-state index contributed by atoms with van der Waals surface area (Å²) in [6.45, 7) is 0.492. The van der Waals surface area contributed by atoms with E-state index in [0.29, 0.717) is 6.61 Å². The standard InChI is InChI=1S/C11H12N2O/c1-14-7-10-11-8(5-6-13-10)3-2-4-9(11)12/h2-6H,7,12H2,1H3. The topological polar surface area (TPSA) is 48.1 Å². The summed E-state index contributed by atoms with van der Waals surface area (Å²) in [6.07, 6.45) is 1.77. The number of benzene rings is 1. The minimum absolute atomic E-state index is 0.492. The molecule has 0 aliphatic rings. The Bertz CT molecular complexity index is 449. The van der Waals surface area contributed by atoms with Crippen LogP contribution in [0.1, 0.15) is 5.69 Å². The van der Waals surface area contributed by atoms with Crippen molar-refractivity contribution in [2.75, 3.05) is 12.8 Å². The van der Waals surface area contributed by atoms with Crippen LogP contribution in [-0.2, 0) is 11.3 Å². The van der Waals surface area contributed by atoms with Gasteiger partial charge in [0.15, 0.2) is 0 Å². The van der Waals surface area contributed by atoms with Crippen LogP contribution in [0.2, 0.25) is 0 Å². The van der Waals surface area contributed by atoms with Crippen molar-refractivity contribution in [1.29, 1.82) is 0 Å². The molecule has 1 aromatic carbocycles. The molecule has 0 aliphatic carbocycles. The fraction of sp³-hybridized carbons (Fsp3) is 0.182. The average molecular weight is 188 g/mol. The van der Waals surface area contributed by atoms with Crippen molar-refractivity contribution in [2.24, 2.45) is 0 Å². The Morgan fingerprint density at radius 2 is 2.21 bits per heavy atom. The Balaban J connectivity index is 2.71. The molecule has 2 rings (SSSR count). The fourth-order valence-corrected chi connectivity index (χ4v) is 1.58. The molecule has 0 aliphatic heterocycles. The third-order valence-corrected chi connectivity index (χ3v) is 2.18. The second-order valence-corrected chi connectivity index (χ2v) is 3.14.